The summed E-state index contributed by atoms with van der Waals surface area (Å²) in [5, 5.41) is 0. The molecule has 0 N–H and O–H groups in total. The highest BCUT2D eigenvalue weighted by atomic mass is 19.4. The van der Waals surface area contributed by atoms with Gasteiger partial charge in [0.2, 0.25) is 0 Å². The van der Waals surface area contributed by atoms with Gasteiger partial charge in [0.1, 0.15) is 17.2 Å². The molecule has 53 heavy (non-hydrogen) atoms. The van der Waals surface area contributed by atoms with Crippen molar-refractivity contribution in [1.29, 1.82) is 0 Å². The van der Waals surface area contributed by atoms with Gasteiger partial charge in [-0.25, -0.2) is 15.0 Å². The first-order valence-electron chi connectivity index (χ1n) is 16.4. The van der Waals surface area contributed by atoms with Crippen molar-refractivity contribution in [1.82, 2.24) is 15.0 Å². The molecular formula is C42H23F6N3O2. The summed E-state index contributed by atoms with van der Waals surface area (Å²) in [7, 11) is 0. The molecule has 1 aliphatic heterocycles. The van der Waals surface area contributed by atoms with E-state index in [1.807, 2.05) is 60.7 Å². The van der Waals surface area contributed by atoms with Crippen LogP contribution in [0.25, 0.3) is 45.3 Å². The first-order chi connectivity index (χ1) is 25.5. The molecule has 2 aliphatic rings. The lowest BCUT2D eigenvalue weighted by atomic mass is 9.66. The molecule has 0 saturated carbocycles. The number of hydrogen-bond acceptors (Lipinski definition) is 5. The van der Waals surface area contributed by atoms with E-state index in [0.29, 0.717) is 22.6 Å². The van der Waals surface area contributed by atoms with Crippen LogP contribution in [-0.2, 0) is 11.6 Å². The third-order valence-electron chi connectivity index (χ3n) is 9.56. The van der Waals surface area contributed by atoms with Crippen LogP contribution in [0.1, 0.15) is 27.8 Å². The largest absolute Gasteiger partial charge is 0.573 e. The Bertz CT molecular complexity index is 2500. The van der Waals surface area contributed by atoms with E-state index in [1.165, 1.54) is 24.3 Å². The fraction of sp³-hybridized carbons (Fsp3) is 0.0714. The summed E-state index contributed by atoms with van der Waals surface area (Å²) < 4.78 is 89.4. The summed E-state index contributed by atoms with van der Waals surface area (Å²) in [6, 6.07) is 39.5. The summed E-state index contributed by atoms with van der Waals surface area (Å²) in [4.78, 5) is 13.9. The highest BCUT2D eigenvalue weighted by molar-refractivity contribution is 5.88. The lowest BCUT2D eigenvalue weighted by Crippen LogP contribution is -2.32. The Morgan fingerprint density at radius 1 is 0.472 bits per heavy atom. The van der Waals surface area contributed by atoms with E-state index in [1.54, 1.807) is 0 Å². The van der Waals surface area contributed by atoms with Gasteiger partial charge in [0, 0.05) is 27.8 Å². The van der Waals surface area contributed by atoms with Gasteiger partial charge in [-0.15, -0.1) is 13.2 Å². The van der Waals surface area contributed by atoms with Crippen molar-refractivity contribution in [3.63, 3.8) is 0 Å². The second-order valence-corrected chi connectivity index (χ2v) is 12.6. The lowest BCUT2D eigenvalue weighted by molar-refractivity contribution is -0.274. The summed E-state index contributed by atoms with van der Waals surface area (Å²) in [5.74, 6) is 1.11. The molecule has 1 aromatic heterocycles. The van der Waals surface area contributed by atoms with Crippen LogP contribution in [0.15, 0.2) is 140 Å². The molecule has 0 unspecified atom stereocenters. The van der Waals surface area contributed by atoms with Crippen LogP contribution in [0.2, 0.25) is 0 Å². The monoisotopic (exact) mass is 715 g/mol. The number of para-hydroxylation sites is 1. The number of hydrogen-bond donors (Lipinski definition) is 0. The van der Waals surface area contributed by atoms with E-state index in [9.17, 15) is 26.3 Å². The fourth-order valence-electron chi connectivity index (χ4n) is 7.38. The normalized spacial score (nSPS) is 13.8. The minimum atomic E-state index is -4.88. The standard InChI is InChI=1S/C42H23F6N3O2/c43-41(44,45)27-18-13-24(14-19-27)37-49-38(25-15-20-28(21-16-25)53-42(46,47)48)51-39(50-37)26-17-22-34-36(23-26)52-35-12-6-5-11-33(35)40(34)31-9-3-1-7-29(31)30-8-2-4-10-32(30)40/h1-23H. The third-order valence-corrected chi connectivity index (χ3v) is 9.56. The van der Waals surface area contributed by atoms with Crippen LogP contribution in [0.4, 0.5) is 26.3 Å². The Morgan fingerprint density at radius 2 is 0.943 bits per heavy atom. The van der Waals surface area contributed by atoms with Gasteiger partial charge >= 0.3 is 12.5 Å². The van der Waals surface area contributed by atoms with Crippen LogP contribution in [-0.4, -0.2) is 21.3 Å². The van der Waals surface area contributed by atoms with Crippen molar-refractivity contribution in [2.75, 3.05) is 0 Å². The zero-order valence-electron chi connectivity index (χ0n) is 27.2. The van der Waals surface area contributed by atoms with Crippen molar-refractivity contribution < 1.29 is 35.8 Å². The summed E-state index contributed by atoms with van der Waals surface area (Å²) >= 11 is 0. The van der Waals surface area contributed by atoms with Gasteiger partial charge in [-0.05, 0) is 70.8 Å². The van der Waals surface area contributed by atoms with Crippen LogP contribution >= 0.6 is 0 Å². The average Bonchev–Trinajstić information content (AvgIpc) is 3.44. The van der Waals surface area contributed by atoms with Crippen molar-refractivity contribution in [2.45, 2.75) is 18.0 Å². The maximum absolute atomic E-state index is 13.4. The van der Waals surface area contributed by atoms with Crippen molar-refractivity contribution in [3.05, 3.63) is 167 Å². The average molecular weight is 716 g/mol. The molecule has 2 heterocycles. The minimum Gasteiger partial charge on any atom is -0.457 e. The smallest absolute Gasteiger partial charge is 0.457 e. The van der Waals surface area contributed by atoms with Gasteiger partial charge < -0.3 is 9.47 Å². The second kappa shape index (κ2) is 11.8. The zero-order chi connectivity index (χ0) is 36.5. The van der Waals surface area contributed by atoms with Crippen molar-refractivity contribution in [2.24, 2.45) is 0 Å². The first kappa shape index (κ1) is 32.4. The molecule has 260 valence electrons. The molecule has 0 saturated heterocycles. The molecule has 0 amide bonds. The Kier molecular flexibility index (Phi) is 7.20. The van der Waals surface area contributed by atoms with Crippen LogP contribution < -0.4 is 9.47 Å². The van der Waals surface area contributed by atoms with E-state index >= 15 is 0 Å². The van der Waals surface area contributed by atoms with Gasteiger partial charge in [-0.1, -0.05) is 91.0 Å². The number of nitrogens with zero attached hydrogens (tertiary/aromatic N) is 3. The van der Waals surface area contributed by atoms with Gasteiger partial charge in [-0.2, -0.15) is 13.2 Å². The van der Waals surface area contributed by atoms with Crippen LogP contribution in [0, 0.1) is 0 Å². The summed E-state index contributed by atoms with van der Waals surface area (Å²) in [6.45, 7) is 0. The molecule has 5 nitrogen and oxygen atoms in total. The van der Waals surface area contributed by atoms with Gasteiger partial charge in [0.05, 0.1) is 11.0 Å². The van der Waals surface area contributed by atoms with Gasteiger partial charge in [0.25, 0.3) is 0 Å². The number of aromatic nitrogens is 3. The molecule has 6 aromatic carbocycles. The van der Waals surface area contributed by atoms with E-state index in [4.69, 9.17) is 9.72 Å². The molecular weight excluding hydrogens is 692 g/mol. The van der Waals surface area contributed by atoms with E-state index in [2.05, 4.69) is 45.0 Å². The second-order valence-electron chi connectivity index (χ2n) is 12.6. The number of alkyl halides is 6. The first-order valence-corrected chi connectivity index (χ1v) is 16.4. The summed E-state index contributed by atoms with van der Waals surface area (Å²) in [5.41, 5.74) is 5.92. The molecule has 0 bridgehead atoms. The number of benzene rings is 6. The van der Waals surface area contributed by atoms with Crippen molar-refractivity contribution in [3.8, 4) is 62.5 Å². The highest BCUT2D eigenvalue weighted by Gasteiger charge is 2.51. The fourth-order valence-corrected chi connectivity index (χ4v) is 7.38. The molecule has 1 spiro atoms. The van der Waals surface area contributed by atoms with Crippen LogP contribution in [0.5, 0.6) is 17.2 Å². The van der Waals surface area contributed by atoms with E-state index in [0.717, 1.165) is 57.6 Å². The maximum Gasteiger partial charge on any atom is 0.573 e. The Balaban J connectivity index is 1.22. The Hall–Kier alpha value is -6.49. The zero-order valence-corrected chi connectivity index (χ0v) is 27.2. The third kappa shape index (κ3) is 5.38. The van der Waals surface area contributed by atoms with Crippen LogP contribution in [0.3, 0.4) is 0 Å². The predicted molar refractivity (Wildman–Crippen MR) is 185 cm³/mol. The predicted octanol–water partition coefficient (Wildman–Crippen LogP) is 11.3. The molecule has 0 radical (unpaired) electrons. The SMILES string of the molecule is FC(F)(F)Oc1ccc(-c2nc(-c3ccc(C(F)(F)F)cc3)nc(-c3ccc4c(c3)Oc3ccccc3C43c4ccccc4-c4ccccc43)n2)cc1. The molecule has 9 rings (SSSR count). The maximum atomic E-state index is 13.4. The molecule has 1 aliphatic carbocycles. The lowest BCUT2D eigenvalue weighted by Gasteiger charge is -2.39. The molecule has 11 heteroatoms. The molecule has 0 fully saturated rings. The minimum absolute atomic E-state index is 0.0634. The van der Waals surface area contributed by atoms with Gasteiger partial charge in [-0.3, -0.25) is 0 Å². The van der Waals surface area contributed by atoms with Gasteiger partial charge in [0.15, 0.2) is 17.5 Å². The Labute approximate surface area is 298 Å². The summed E-state index contributed by atoms with van der Waals surface area (Å²) in [6.07, 6.45) is -9.43. The highest BCUT2D eigenvalue weighted by Crippen LogP contribution is 2.62. The topological polar surface area (TPSA) is 57.1 Å². The molecule has 7 aromatic rings. The number of halogens is 6. The van der Waals surface area contributed by atoms with Crippen molar-refractivity contribution >= 4 is 0 Å². The molecule has 0 atom stereocenters. The Morgan fingerprint density at radius 3 is 1.51 bits per heavy atom. The number of rotatable bonds is 4. The number of fused-ring (bicyclic) bond motifs is 9. The quantitative estimate of drug-likeness (QED) is 0.170. The number of ether oxygens (including phenoxy) is 2. The van der Waals surface area contributed by atoms with E-state index in [-0.39, 0.29) is 23.0 Å². The van der Waals surface area contributed by atoms with E-state index < -0.39 is 29.3 Å².